The second-order valence-corrected chi connectivity index (χ2v) is 6.22. The van der Waals surface area contributed by atoms with Gasteiger partial charge in [0.15, 0.2) is 23.1 Å². The minimum absolute atomic E-state index is 0.0256. The summed E-state index contributed by atoms with van der Waals surface area (Å²) in [6.07, 6.45) is 3.41. The normalized spacial score (nSPS) is 10.9. The maximum Gasteiger partial charge on any atom is 0.280 e. The summed E-state index contributed by atoms with van der Waals surface area (Å²) in [7, 11) is 0. The highest BCUT2D eigenvalue weighted by Gasteiger charge is 2.22. The van der Waals surface area contributed by atoms with E-state index in [0.29, 0.717) is 11.4 Å². The summed E-state index contributed by atoms with van der Waals surface area (Å²) < 4.78 is 43.1. The molecule has 0 saturated heterocycles. The minimum atomic E-state index is -1.08. The number of nitrogens with zero attached hydrogens (tertiary/aromatic N) is 4. The summed E-state index contributed by atoms with van der Waals surface area (Å²) in [6, 6.07) is 12.5. The van der Waals surface area contributed by atoms with Gasteiger partial charge in [-0.25, -0.2) is 17.9 Å². The van der Waals surface area contributed by atoms with Gasteiger partial charge in [0.05, 0.1) is 6.54 Å². The lowest BCUT2D eigenvalue weighted by molar-refractivity contribution is 0.102. The number of rotatable bonds is 5. The van der Waals surface area contributed by atoms with Crippen LogP contribution < -0.4 is 5.32 Å². The number of carbonyl (C=O) groups excluding carboxylic acids is 1. The van der Waals surface area contributed by atoms with E-state index in [1.807, 2.05) is 0 Å². The molecule has 1 N–H and O–H groups in total. The molecule has 6 nitrogen and oxygen atoms in total. The molecule has 1 amide bonds. The van der Waals surface area contributed by atoms with Crippen LogP contribution in [0.3, 0.4) is 0 Å². The Hall–Kier alpha value is -3.88. The Morgan fingerprint density at radius 2 is 1.76 bits per heavy atom. The van der Waals surface area contributed by atoms with Gasteiger partial charge in [0.2, 0.25) is 0 Å². The minimum Gasteiger partial charge on any atom is -0.320 e. The fraction of sp³-hybridized carbons (Fsp3) is 0.0500. The molecule has 0 saturated carbocycles. The van der Waals surface area contributed by atoms with Gasteiger partial charge in [-0.1, -0.05) is 17.3 Å². The molecular weight excluding hydrogens is 383 g/mol. The molecule has 4 aromatic rings. The first-order valence-electron chi connectivity index (χ1n) is 8.59. The van der Waals surface area contributed by atoms with Crippen molar-refractivity contribution in [2.75, 3.05) is 5.32 Å². The molecule has 4 rings (SSSR count). The predicted octanol–water partition coefficient (Wildman–Crippen LogP) is 3.79. The van der Waals surface area contributed by atoms with Crippen LogP contribution in [0.5, 0.6) is 0 Å². The molecule has 29 heavy (non-hydrogen) atoms. The van der Waals surface area contributed by atoms with Crippen LogP contribution in [0.15, 0.2) is 67.0 Å². The first kappa shape index (κ1) is 18.5. The van der Waals surface area contributed by atoms with Crippen LogP contribution in [0.4, 0.5) is 18.9 Å². The van der Waals surface area contributed by atoms with Gasteiger partial charge in [0.1, 0.15) is 5.82 Å². The Balaban J connectivity index is 1.68. The molecule has 2 aromatic carbocycles. The molecule has 0 aliphatic carbocycles. The van der Waals surface area contributed by atoms with Crippen LogP contribution in [0.1, 0.15) is 16.1 Å². The summed E-state index contributed by atoms with van der Waals surface area (Å²) in [4.78, 5) is 12.7. The van der Waals surface area contributed by atoms with E-state index in [4.69, 9.17) is 0 Å². The first-order chi connectivity index (χ1) is 14.0. The fourth-order valence-corrected chi connectivity index (χ4v) is 2.87. The summed E-state index contributed by atoms with van der Waals surface area (Å²) in [5.41, 5.74) is 0.685. The highest BCUT2D eigenvalue weighted by Crippen LogP contribution is 2.18. The second-order valence-electron chi connectivity index (χ2n) is 6.22. The van der Waals surface area contributed by atoms with Crippen LogP contribution in [-0.2, 0) is 6.54 Å². The lowest BCUT2D eigenvalue weighted by atomic mass is 10.2. The van der Waals surface area contributed by atoms with Gasteiger partial charge in [0, 0.05) is 24.1 Å². The number of hydrogen-bond donors (Lipinski definition) is 1. The van der Waals surface area contributed by atoms with Crippen molar-refractivity contribution in [3.05, 3.63) is 95.7 Å². The van der Waals surface area contributed by atoms with Crippen molar-refractivity contribution >= 4 is 11.6 Å². The molecule has 0 bridgehead atoms. The van der Waals surface area contributed by atoms with Gasteiger partial charge in [0.25, 0.3) is 5.91 Å². The molecule has 0 aliphatic heterocycles. The number of benzene rings is 2. The monoisotopic (exact) mass is 397 g/mol. The van der Waals surface area contributed by atoms with Crippen molar-refractivity contribution < 1.29 is 18.0 Å². The molecule has 2 aromatic heterocycles. The standard InChI is InChI=1S/C20H14F3N5O/c21-14-5-3-4-13(10-14)12-28-20(27-8-1-2-9-27)18(25-26-28)19(29)24-15-6-7-16(22)17(23)11-15/h1-11H,12H2,(H,24,29). The van der Waals surface area contributed by atoms with Gasteiger partial charge in [-0.3, -0.25) is 4.79 Å². The maximum atomic E-state index is 13.5. The first-order valence-corrected chi connectivity index (χ1v) is 8.59. The smallest absolute Gasteiger partial charge is 0.280 e. The quantitative estimate of drug-likeness (QED) is 0.557. The number of anilines is 1. The number of hydrogen-bond acceptors (Lipinski definition) is 3. The van der Waals surface area contributed by atoms with Crippen molar-refractivity contribution in [3.63, 3.8) is 0 Å². The molecule has 0 fully saturated rings. The number of carbonyl (C=O) groups is 1. The highest BCUT2D eigenvalue weighted by molar-refractivity contribution is 6.04. The van der Waals surface area contributed by atoms with Crippen LogP contribution in [0.25, 0.3) is 5.82 Å². The molecule has 0 radical (unpaired) electrons. The average Bonchev–Trinajstić information content (AvgIpc) is 3.34. The van der Waals surface area contributed by atoms with Crippen LogP contribution in [-0.4, -0.2) is 25.5 Å². The zero-order chi connectivity index (χ0) is 20.4. The Morgan fingerprint density at radius 1 is 0.966 bits per heavy atom. The van der Waals surface area contributed by atoms with Crippen molar-refractivity contribution in [2.45, 2.75) is 6.54 Å². The zero-order valence-electron chi connectivity index (χ0n) is 14.9. The van der Waals surface area contributed by atoms with Crippen LogP contribution >= 0.6 is 0 Å². The third kappa shape index (κ3) is 3.88. The van der Waals surface area contributed by atoms with E-state index in [9.17, 15) is 18.0 Å². The second kappa shape index (κ2) is 7.63. The molecule has 2 heterocycles. The van der Waals surface area contributed by atoms with Gasteiger partial charge in [-0.05, 0) is 42.0 Å². The third-order valence-electron chi connectivity index (χ3n) is 4.17. The van der Waals surface area contributed by atoms with Crippen molar-refractivity contribution in [1.29, 1.82) is 0 Å². The zero-order valence-corrected chi connectivity index (χ0v) is 14.9. The summed E-state index contributed by atoms with van der Waals surface area (Å²) in [5, 5.41) is 10.4. The topological polar surface area (TPSA) is 64.7 Å². The molecule has 0 atom stereocenters. The highest BCUT2D eigenvalue weighted by atomic mass is 19.2. The van der Waals surface area contributed by atoms with E-state index < -0.39 is 17.5 Å². The molecule has 9 heteroatoms. The Bertz CT molecular complexity index is 1170. The van der Waals surface area contributed by atoms with Crippen LogP contribution in [0, 0.1) is 17.5 Å². The van der Waals surface area contributed by atoms with E-state index in [-0.39, 0.29) is 23.7 Å². The SMILES string of the molecule is O=C(Nc1ccc(F)c(F)c1)c1nnn(Cc2cccc(F)c2)c1-n1cccc1. The summed E-state index contributed by atoms with van der Waals surface area (Å²) in [6.45, 7) is 0.177. The van der Waals surface area contributed by atoms with E-state index in [2.05, 4.69) is 15.6 Å². The third-order valence-corrected chi connectivity index (χ3v) is 4.17. The number of halogens is 3. The van der Waals surface area contributed by atoms with Crippen molar-refractivity contribution in [2.24, 2.45) is 0 Å². The van der Waals surface area contributed by atoms with E-state index in [1.54, 1.807) is 41.2 Å². The molecule has 0 spiro atoms. The summed E-state index contributed by atoms with van der Waals surface area (Å²) >= 11 is 0. The maximum absolute atomic E-state index is 13.5. The fourth-order valence-electron chi connectivity index (χ4n) is 2.87. The predicted molar refractivity (Wildman–Crippen MR) is 99.2 cm³/mol. The van der Waals surface area contributed by atoms with Crippen LogP contribution in [0.2, 0.25) is 0 Å². The summed E-state index contributed by atoms with van der Waals surface area (Å²) in [5.74, 6) is -2.79. The van der Waals surface area contributed by atoms with E-state index >= 15 is 0 Å². The molecule has 0 unspecified atom stereocenters. The number of aromatic nitrogens is 4. The van der Waals surface area contributed by atoms with E-state index in [0.717, 1.165) is 12.1 Å². The Kier molecular flexibility index (Phi) is 4.86. The van der Waals surface area contributed by atoms with Crippen molar-refractivity contribution in [3.8, 4) is 5.82 Å². The van der Waals surface area contributed by atoms with Gasteiger partial charge in [-0.15, -0.1) is 5.10 Å². The number of nitrogens with one attached hydrogen (secondary N) is 1. The molecule has 0 aliphatic rings. The lowest BCUT2D eigenvalue weighted by Gasteiger charge is -2.10. The average molecular weight is 397 g/mol. The lowest BCUT2D eigenvalue weighted by Crippen LogP contribution is -2.17. The Morgan fingerprint density at radius 3 is 2.48 bits per heavy atom. The van der Waals surface area contributed by atoms with Gasteiger partial charge >= 0.3 is 0 Å². The largest absolute Gasteiger partial charge is 0.320 e. The molecule has 146 valence electrons. The van der Waals surface area contributed by atoms with Crippen molar-refractivity contribution in [1.82, 2.24) is 19.6 Å². The van der Waals surface area contributed by atoms with E-state index in [1.165, 1.54) is 22.9 Å². The number of amides is 1. The Labute approximate surface area is 163 Å². The molecular formula is C20H14F3N5O. The van der Waals surface area contributed by atoms with Gasteiger partial charge in [-0.2, -0.15) is 0 Å². The van der Waals surface area contributed by atoms with Gasteiger partial charge < -0.3 is 9.88 Å².